The molecule has 53 heavy (non-hydrogen) atoms. The van der Waals surface area contributed by atoms with Crippen LogP contribution < -0.4 is 0 Å². The van der Waals surface area contributed by atoms with Crippen molar-refractivity contribution in [2.45, 2.75) is 139 Å². The number of rotatable bonds is 1. The summed E-state index contributed by atoms with van der Waals surface area (Å²) in [6, 6.07) is 0. The summed E-state index contributed by atoms with van der Waals surface area (Å²) < 4.78 is 6.81. The Morgan fingerprint density at radius 2 is 0.547 bits per heavy atom. The van der Waals surface area contributed by atoms with Crippen molar-refractivity contribution in [1.82, 2.24) is 13.7 Å². The zero-order chi connectivity index (χ0) is 38.1. The number of hydrogen-bond donors (Lipinski definition) is 0. The Morgan fingerprint density at radius 3 is 0.811 bits per heavy atom. The molecule has 0 aliphatic carbocycles. The Kier molecular flexibility index (Phi) is 23.4. The first-order valence-electron chi connectivity index (χ1n) is 17.9. The van der Waals surface area contributed by atoms with Gasteiger partial charge in [-0.15, -0.1) is 12.7 Å². The molecule has 0 amide bonds. The molecule has 5 rings (SSSR count). The van der Waals surface area contributed by atoms with Gasteiger partial charge in [-0.05, 0) is 198 Å². The van der Waals surface area contributed by atoms with Crippen LogP contribution in [-0.4, -0.2) is 20.7 Å². The molecule has 0 saturated heterocycles. The van der Waals surface area contributed by atoms with Gasteiger partial charge >= 0.3 is 0 Å². The molecule has 0 fully saturated rings. The predicted octanol–water partition coefficient (Wildman–Crippen LogP) is 13.0. The molecule has 3 aromatic heterocycles. The van der Waals surface area contributed by atoms with Gasteiger partial charge in [0.25, 0.3) is 0 Å². The standard InChI is InChI=1S/C15H21N.C12H18N.2C9H15N.CH4.3W/c1-8-9(2)11(4)15-14(10(8)3)12(5)13(6)16(15)7;1-7-8(2)10(4)12(13-6)11(5)9(7)3;2*1-6-7(2)9(4)10(5)8(6)3;;;;/h1-7H3;1-6H3;2*1-5H3;1H4;;;/q;-1;;;;;;. The van der Waals surface area contributed by atoms with Crippen molar-refractivity contribution in [2.75, 3.05) is 7.05 Å². The van der Waals surface area contributed by atoms with Gasteiger partial charge in [0.15, 0.2) is 0 Å². The third-order valence-corrected chi connectivity index (χ3v) is 12.9. The molecule has 2 aromatic carbocycles. The van der Waals surface area contributed by atoms with E-state index in [2.05, 4.69) is 172 Å². The Labute approximate surface area is 369 Å². The Balaban J connectivity index is -0.000000625. The van der Waals surface area contributed by atoms with Crippen LogP contribution in [0, 0.1) is 132 Å². The summed E-state index contributed by atoms with van der Waals surface area (Å²) in [6.45, 7) is 41.6. The van der Waals surface area contributed by atoms with Crippen LogP contribution in [0.3, 0.4) is 0 Å². The number of aryl methyl sites for hydroxylation is 4. The normalized spacial score (nSPS) is 9.94. The quantitative estimate of drug-likeness (QED) is 0.160. The van der Waals surface area contributed by atoms with Gasteiger partial charge < -0.3 is 19.0 Å². The maximum atomic E-state index is 4.33. The van der Waals surface area contributed by atoms with E-state index in [4.69, 9.17) is 0 Å². The summed E-state index contributed by atoms with van der Waals surface area (Å²) in [5, 5.41) is 5.79. The molecule has 0 radical (unpaired) electrons. The molecule has 5 aromatic rings. The number of fused-ring (bicyclic) bond motifs is 1. The molecule has 3 heterocycles. The van der Waals surface area contributed by atoms with E-state index in [1.165, 1.54) is 123 Å². The van der Waals surface area contributed by atoms with Crippen LogP contribution in [0.25, 0.3) is 16.2 Å². The van der Waals surface area contributed by atoms with Gasteiger partial charge in [-0.2, -0.15) is 0 Å². The summed E-state index contributed by atoms with van der Waals surface area (Å²) in [5.41, 5.74) is 29.2. The molecular weight excluding hydrogens is 1160 g/mol. The maximum absolute atomic E-state index is 4.33. The van der Waals surface area contributed by atoms with E-state index in [0.29, 0.717) is 0 Å². The van der Waals surface area contributed by atoms with Crippen molar-refractivity contribution in [1.29, 1.82) is 0 Å². The van der Waals surface area contributed by atoms with Crippen LogP contribution in [0.4, 0.5) is 5.69 Å². The van der Waals surface area contributed by atoms with Crippen LogP contribution in [-0.2, 0) is 84.3 Å². The molecule has 0 aliphatic heterocycles. The van der Waals surface area contributed by atoms with Crippen molar-refractivity contribution in [3.05, 3.63) is 112 Å². The third-order valence-electron chi connectivity index (χ3n) is 12.9. The number of benzene rings is 2. The number of aromatic nitrogens is 3. The minimum atomic E-state index is 0. The van der Waals surface area contributed by atoms with Crippen LogP contribution >= 0.6 is 0 Å². The Hall–Kier alpha value is -1.60. The molecule has 0 unspecified atom stereocenters. The molecule has 296 valence electrons. The minimum absolute atomic E-state index is 0. The van der Waals surface area contributed by atoms with Gasteiger partial charge in [-0.1, -0.05) is 18.6 Å². The Bertz CT molecular complexity index is 1720. The largest absolute Gasteiger partial charge is 0.686 e. The SMILES string of the molecule is C.C[N-]c1c(C)c(C)c(C)c(C)c1C.Cc1c(C)c(C)c2c(c1C)c(C)c(C)n2C.Cc1c(C)c(C)n(C)c1C.Cc1c(C)c(C)n(C)c1C.[W].[W].[W]. The third kappa shape index (κ3) is 10.8. The van der Waals surface area contributed by atoms with Gasteiger partial charge in [0.2, 0.25) is 0 Å². The second-order valence-electron chi connectivity index (χ2n) is 14.6. The molecule has 7 heteroatoms. The second-order valence-corrected chi connectivity index (χ2v) is 14.6. The first-order chi connectivity index (χ1) is 22.5. The predicted molar refractivity (Wildman–Crippen MR) is 226 cm³/mol. The maximum Gasteiger partial charge on any atom is 0.0517 e. The topological polar surface area (TPSA) is 28.9 Å². The molecule has 0 aliphatic rings. The van der Waals surface area contributed by atoms with Crippen molar-refractivity contribution < 1.29 is 63.2 Å². The first kappa shape index (κ1) is 55.7. The monoisotopic (exact) mass is 1230 g/mol. The fraction of sp³-hybridized carbons (Fsp3) is 0.522. The van der Waals surface area contributed by atoms with Crippen LogP contribution in [0.1, 0.15) is 114 Å². The zero-order valence-electron chi connectivity index (χ0n) is 37.0. The van der Waals surface area contributed by atoms with E-state index in [-0.39, 0.29) is 70.6 Å². The number of nitrogens with zero attached hydrogens (tertiary/aromatic N) is 4. The Morgan fingerprint density at radius 1 is 0.302 bits per heavy atom. The summed E-state index contributed by atoms with van der Waals surface area (Å²) in [7, 11) is 8.27. The fourth-order valence-corrected chi connectivity index (χ4v) is 7.18. The van der Waals surface area contributed by atoms with Crippen LogP contribution in [0.2, 0.25) is 0 Å². The zero-order valence-corrected chi connectivity index (χ0v) is 45.8. The average molecular weight is 1230 g/mol. The molecule has 4 nitrogen and oxygen atoms in total. The van der Waals surface area contributed by atoms with Crippen molar-refractivity contribution in [3.8, 4) is 0 Å². The summed E-state index contributed by atoms with van der Waals surface area (Å²) in [5.74, 6) is 0. The van der Waals surface area contributed by atoms with Crippen molar-refractivity contribution >= 4 is 16.6 Å². The van der Waals surface area contributed by atoms with Crippen LogP contribution in [0.5, 0.6) is 0 Å². The summed E-state index contributed by atoms with van der Waals surface area (Å²) in [4.78, 5) is 0. The van der Waals surface area contributed by atoms with Gasteiger partial charge in [-0.3, -0.25) is 0 Å². The summed E-state index contributed by atoms with van der Waals surface area (Å²) >= 11 is 0. The minimum Gasteiger partial charge on any atom is -0.686 e. The van der Waals surface area contributed by atoms with E-state index < -0.39 is 0 Å². The van der Waals surface area contributed by atoms with Crippen LogP contribution in [0.15, 0.2) is 0 Å². The molecule has 0 N–H and O–H groups in total. The van der Waals surface area contributed by atoms with Gasteiger partial charge in [0, 0.05) is 118 Å². The molecule has 0 bridgehead atoms. The summed E-state index contributed by atoms with van der Waals surface area (Å²) in [6.07, 6.45) is 0. The second kappa shape index (κ2) is 22.2. The van der Waals surface area contributed by atoms with E-state index in [0.717, 1.165) is 0 Å². The van der Waals surface area contributed by atoms with E-state index in [1.807, 2.05) is 7.05 Å². The van der Waals surface area contributed by atoms with Gasteiger partial charge in [0.1, 0.15) is 0 Å². The smallest absolute Gasteiger partial charge is 0.0517 e. The molecule has 0 saturated carbocycles. The van der Waals surface area contributed by atoms with Gasteiger partial charge in [0.05, 0.1) is 5.52 Å². The van der Waals surface area contributed by atoms with E-state index in [1.54, 1.807) is 0 Å². The van der Waals surface area contributed by atoms with Crippen molar-refractivity contribution in [2.24, 2.45) is 21.1 Å². The van der Waals surface area contributed by atoms with Crippen molar-refractivity contribution in [3.63, 3.8) is 0 Å². The molecule has 0 atom stereocenters. The molecular formula is C46H73N4W3-. The van der Waals surface area contributed by atoms with Gasteiger partial charge in [-0.25, -0.2) is 0 Å². The molecule has 0 spiro atoms. The van der Waals surface area contributed by atoms with E-state index in [9.17, 15) is 0 Å². The average Bonchev–Trinajstić information content (AvgIpc) is 3.48. The number of hydrogen-bond acceptors (Lipinski definition) is 0. The fourth-order valence-electron chi connectivity index (χ4n) is 7.18. The first-order valence-corrected chi connectivity index (χ1v) is 17.9. The van der Waals surface area contributed by atoms with E-state index >= 15 is 0 Å².